The van der Waals surface area contributed by atoms with Gasteiger partial charge in [-0.1, -0.05) is 6.07 Å². The molecule has 0 aliphatic heterocycles. The highest BCUT2D eigenvalue weighted by molar-refractivity contribution is 5.96. The van der Waals surface area contributed by atoms with E-state index in [1.54, 1.807) is 6.07 Å². The third-order valence-electron chi connectivity index (χ3n) is 2.66. The summed E-state index contributed by atoms with van der Waals surface area (Å²) in [6, 6.07) is 6.12. The minimum atomic E-state index is -0.636. The quantitative estimate of drug-likeness (QED) is 0.707. The molecule has 0 aliphatic rings. The maximum absolute atomic E-state index is 12.0. The lowest BCUT2D eigenvalue weighted by atomic mass is 10.1. The fraction of sp³-hybridized carbons (Fsp3) is 0. The van der Waals surface area contributed by atoms with Gasteiger partial charge in [-0.3, -0.25) is 0 Å². The number of nitrogens with zero attached hydrogens (tertiary/aromatic N) is 2. The van der Waals surface area contributed by atoms with E-state index < -0.39 is 11.9 Å². The van der Waals surface area contributed by atoms with Gasteiger partial charge in [0.1, 0.15) is 0 Å². The van der Waals surface area contributed by atoms with Crippen LogP contribution in [0.2, 0.25) is 0 Å². The van der Waals surface area contributed by atoms with Gasteiger partial charge in [-0.25, -0.2) is 19.6 Å². The third kappa shape index (κ3) is 3.01. The molecule has 0 radical (unpaired) electrons. The topological polar surface area (TPSA) is 110 Å². The molecule has 2 N–H and O–H groups in total. The summed E-state index contributed by atoms with van der Waals surface area (Å²) in [7, 11) is 0. The average molecular weight is 298 g/mol. The van der Waals surface area contributed by atoms with Crippen LogP contribution in [0.3, 0.4) is 0 Å². The van der Waals surface area contributed by atoms with E-state index in [1.165, 1.54) is 43.0 Å². The summed E-state index contributed by atoms with van der Waals surface area (Å²) in [5.74, 6) is -1.27. The van der Waals surface area contributed by atoms with E-state index in [2.05, 4.69) is 19.9 Å². The molecule has 0 fully saturated rings. The van der Waals surface area contributed by atoms with Crippen molar-refractivity contribution in [3.63, 3.8) is 0 Å². The van der Waals surface area contributed by atoms with Crippen LogP contribution in [0.15, 0.2) is 49.1 Å². The van der Waals surface area contributed by atoms with Crippen molar-refractivity contribution in [2.45, 2.75) is 0 Å². The Bertz CT molecular complexity index is 718. The molecule has 0 atom stereocenters. The van der Waals surface area contributed by atoms with E-state index in [0.717, 1.165) is 0 Å². The van der Waals surface area contributed by atoms with Crippen LogP contribution < -0.4 is 9.47 Å². The standard InChI is InChI=1S/C14H10N4O4/c19-11(21-13-15-4-5-16-13)9-2-1-3-10(8-9)12(20)22-14-17-6-7-18-14/h1-8H,(H,15,16)(H,17,18). The molecule has 0 bridgehead atoms. The first-order valence-electron chi connectivity index (χ1n) is 6.25. The van der Waals surface area contributed by atoms with Crippen molar-refractivity contribution in [2.75, 3.05) is 0 Å². The number of H-pyrrole nitrogens is 2. The third-order valence-corrected chi connectivity index (χ3v) is 2.66. The maximum atomic E-state index is 12.0. The van der Waals surface area contributed by atoms with Crippen LogP contribution in [0.1, 0.15) is 20.7 Å². The molecular formula is C14H10N4O4. The van der Waals surface area contributed by atoms with Crippen molar-refractivity contribution in [2.24, 2.45) is 0 Å². The first-order chi connectivity index (χ1) is 10.7. The van der Waals surface area contributed by atoms with Crippen molar-refractivity contribution >= 4 is 11.9 Å². The van der Waals surface area contributed by atoms with Gasteiger partial charge in [0.2, 0.25) is 0 Å². The number of rotatable bonds is 4. The first kappa shape index (κ1) is 13.6. The highest BCUT2D eigenvalue weighted by atomic mass is 16.6. The van der Waals surface area contributed by atoms with Gasteiger partial charge in [0, 0.05) is 24.8 Å². The Balaban J connectivity index is 1.74. The number of nitrogens with one attached hydrogen (secondary N) is 2. The number of benzene rings is 1. The molecule has 3 aromatic rings. The van der Waals surface area contributed by atoms with Crippen LogP contribution in [0, 0.1) is 0 Å². The van der Waals surface area contributed by atoms with Crippen molar-refractivity contribution < 1.29 is 19.1 Å². The largest absolute Gasteiger partial charge is 0.388 e. The first-order valence-corrected chi connectivity index (χ1v) is 6.25. The molecule has 2 heterocycles. The van der Waals surface area contributed by atoms with E-state index in [1.807, 2.05) is 0 Å². The van der Waals surface area contributed by atoms with Gasteiger partial charge in [-0.15, -0.1) is 0 Å². The second-order valence-corrected chi connectivity index (χ2v) is 4.15. The number of imidazole rings is 2. The number of hydrogen-bond acceptors (Lipinski definition) is 6. The molecule has 2 aromatic heterocycles. The zero-order valence-corrected chi connectivity index (χ0v) is 11.1. The lowest BCUT2D eigenvalue weighted by Gasteiger charge is -2.04. The highest BCUT2D eigenvalue weighted by Gasteiger charge is 2.15. The number of carbonyl (C=O) groups is 2. The SMILES string of the molecule is O=C(Oc1ncc[nH]1)c1cccc(C(=O)Oc2ncc[nH]2)c1. The molecule has 0 saturated heterocycles. The summed E-state index contributed by atoms with van der Waals surface area (Å²) in [6.07, 6.45) is 5.97. The van der Waals surface area contributed by atoms with Crippen LogP contribution in [-0.2, 0) is 0 Å². The van der Waals surface area contributed by atoms with Gasteiger partial charge in [0.05, 0.1) is 11.1 Å². The minimum absolute atomic E-state index is 0.0774. The van der Waals surface area contributed by atoms with Gasteiger partial charge >= 0.3 is 24.0 Å². The lowest BCUT2D eigenvalue weighted by Crippen LogP contribution is -2.13. The predicted molar refractivity (Wildman–Crippen MR) is 73.5 cm³/mol. The summed E-state index contributed by atoms with van der Waals surface area (Å²) in [5, 5.41) is 0. The molecule has 0 saturated carbocycles. The molecule has 0 aliphatic carbocycles. The van der Waals surface area contributed by atoms with Crippen molar-refractivity contribution in [3.8, 4) is 12.0 Å². The normalized spacial score (nSPS) is 10.2. The number of hydrogen-bond donors (Lipinski definition) is 2. The Kier molecular flexibility index (Phi) is 3.65. The van der Waals surface area contributed by atoms with Crippen LogP contribution in [0.5, 0.6) is 12.0 Å². The van der Waals surface area contributed by atoms with Crippen molar-refractivity contribution in [1.82, 2.24) is 19.9 Å². The second kappa shape index (κ2) is 5.92. The van der Waals surface area contributed by atoms with Crippen LogP contribution in [0.4, 0.5) is 0 Å². The molecule has 0 amide bonds. The predicted octanol–water partition coefficient (Wildman–Crippen LogP) is 1.57. The van der Waals surface area contributed by atoms with Crippen LogP contribution in [0.25, 0.3) is 0 Å². The van der Waals surface area contributed by atoms with E-state index in [4.69, 9.17) is 9.47 Å². The Hall–Kier alpha value is -3.42. The van der Waals surface area contributed by atoms with Gasteiger partial charge in [-0.2, -0.15) is 0 Å². The van der Waals surface area contributed by atoms with E-state index >= 15 is 0 Å². The second-order valence-electron chi connectivity index (χ2n) is 4.15. The fourth-order valence-electron chi connectivity index (χ4n) is 1.68. The fourth-order valence-corrected chi connectivity index (χ4v) is 1.68. The summed E-state index contributed by atoms with van der Waals surface area (Å²) < 4.78 is 10.0. The zero-order chi connectivity index (χ0) is 15.4. The average Bonchev–Trinajstić information content (AvgIpc) is 3.21. The summed E-state index contributed by atoms with van der Waals surface area (Å²) >= 11 is 0. The van der Waals surface area contributed by atoms with Crippen LogP contribution >= 0.6 is 0 Å². The minimum Gasteiger partial charge on any atom is -0.388 e. The number of aromatic nitrogens is 4. The maximum Gasteiger partial charge on any atom is 0.345 e. The van der Waals surface area contributed by atoms with Gasteiger partial charge in [0.15, 0.2) is 0 Å². The number of aromatic amines is 2. The molecule has 0 unspecified atom stereocenters. The van der Waals surface area contributed by atoms with Crippen molar-refractivity contribution in [1.29, 1.82) is 0 Å². The molecule has 8 nitrogen and oxygen atoms in total. The molecular weight excluding hydrogens is 288 g/mol. The van der Waals surface area contributed by atoms with E-state index in [-0.39, 0.29) is 23.1 Å². The number of esters is 2. The van der Waals surface area contributed by atoms with Gasteiger partial charge in [0.25, 0.3) is 0 Å². The molecule has 22 heavy (non-hydrogen) atoms. The van der Waals surface area contributed by atoms with Crippen LogP contribution in [-0.4, -0.2) is 31.9 Å². The van der Waals surface area contributed by atoms with Gasteiger partial charge < -0.3 is 19.4 Å². The smallest absolute Gasteiger partial charge is 0.345 e. The van der Waals surface area contributed by atoms with E-state index in [9.17, 15) is 9.59 Å². The Labute approximate surface area is 124 Å². The summed E-state index contributed by atoms with van der Waals surface area (Å²) in [5.41, 5.74) is 0.399. The Morgan fingerprint density at radius 2 is 1.36 bits per heavy atom. The molecule has 110 valence electrons. The number of carbonyl (C=O) groups excluding carboxylic acids is 2. The number of ether oxygens (including phenoxy) is 2. The zero-order valence-electron chi connectivity index (χ0n) is 11.1. The molecule has 0 spiro atoms. The van der Waals surface area contributed by atoms with E-state index in [0.29, 0.717) is 0 Å². The highest BCUT2D eigenvalue weighted by Crippen LogP contribution is 2.11. The monoisotopic (exact) mass is 298 g/mol. The Morgan fingerprint density at radius 3 is 1.77 bits per heavy atom. The molecule has 8 heteroatoms. The van der Waals surface area contributed by atoms with Gasteiger partial charge in [-0.05, 0) is 18.2 Å². The molecule has 1 aromatic carbocycles. The lowest BCUT2D eigenvalue weighted by molar-refractivity contribution is 0.0720. The summed E-state index contributed by atoms with van der Waals surface area (Å²) in [6.45, 7) is 0. The van der Waals surface area contributed by atoms with Crippen molar-refractivity contribution in [3.05, 3.63) is 60.2 Å². The molecule has 3 rings (SSSR count). The Morgan fingerprint density at radius 1 is 0.864 bits per heavy atom. The summed E-state index contributed by atoms with van der Waals surface area (Å²) in [4.78, 5) is 36.8.